The van der Waals surface area contributed by atoms with Gasteiger partial charge in [-0.2, -0.15) is 5.10 Å². The van der Waals surface area contributed by atoms with Gasteiger partial charge < -0.3 is 5.32 Å². The zero-order chi connectivity index (χ0) is 21.2. The summed E-state index contributed by atoms with van der Waals surface area (Å²) in [6, 6.07) is 19.4. The first-order chi connectivity index (χ1) is 15.2. The Morgan fingerprint density at radius 1 is 1.00 bits per heavy atom. The fourth-order valence-corrected chi connectivity index (χ4v) is 3.63. The topological polar surface area (TPSA) is 76.6 Å². The second kappa shape index (κ2) is 8.20. The van der Waals surface area contributed by atoms with Crippen LogP contribution in [0.3, 0.4) is 0 Å². The van der Waals surface area contributed by atoms with E-state index >= 15 is 0 Å². The molecular weight excluding hydrogens is 412 g/mol. The fourth-order valence-electron chi connectivity index (χ4n) is 3.50. The Labute approximate surface area is 183 Å². The summed E-state index contributed by atoms with van der Waals surface area (Å²) in [5.41, 5.74) is 4.42. The van der Waals surface area contributed by atoms with Gasteiger partial charge in [-0.05, 0) is 23.8 Å². The normalized spacial score (nSPS) is 11.3. The maximum Gasteiger partial charge on any atom is 0.220 e. The van der Waals surface area contributed by atoms with Crippen molar-refractivity contribution < 1.29 is 4.79 Å². The number of hydrogen-bond donors (Lipinski definition) is 1. The van der Waals surface area contributed by atoms with Gasteiger partial charge in [-0.25, -0.2) is 4.52 Å². The number of carbonyl (C=O) groups is 1. The SMILES string of the molecule is O=C(CCc1nnc2c3cc(-c4ccc(Cl)cc4)nn3ccn12)NCc1ccccc1. The molecule has 0 aliphatic carbocycles. The summed E-state index contributed by atoms with van der Waals surface area (Å²) in [4.78, 5) is 12.3. The molecule has 0 atom stereocenters. The number of rotatable bonds is 6. The van der Waals surface area contributed by atoms with Crippen LogP contribution in [0.1, 0.15) is 17.8 Å². The first-order valence-corrected chi connectivity index (χ1v) is 10.3. The molecule has 31 heavy (non-hydrogen) atoms. The summed E-state index contributed by atoms with van der Waals surface area (Å²) < 4.78 is 3.69. The number of hydrogen-bond acceptors (Lipinski definition) is 4. The first kappa shape index (κ1) is 19.3. The van der Waals surface area contributed by atoms with Crippen LogP contribution in [-0.4, -0.2) is 30.1 Å². The van der Waals surface area contributed by atoms with Crippen molar-refractivity contribution in [1.29, 1.82) is 0 Å². The molecule has 154 valence electrons. The summed E-state index contributed by atoms with van der Waals surface area (Å²) in [6.07, 6.45) is 4.58. The summed E-state index contributed by atoms with van der Waals surface area (Å²) in [5, 5.41) is 16.9. The van der Waals surface area contributed by atoms with E-state index in [1.165, 1.54) is 0 Å². The fraction of sp³-hybridized carbons (Fsp3) is 0.130. The number of benzene rings is 2. The molecule has 0 aliphatic heterocycles. The predicted octanol–water partition coefficient (Wildman–Crippen LogP) is 3.95. The molecule has 0 saturated carbocycles. The van der Waals surface area contributed by atoms with Crippen LogP contribution in [0.4, 0.5) is 0 Å². The third-order valence-electron chi connectivity index (χ3n) is 5.14. The molecule has 2 aromatic carbocycles. The third kappa shape index (κ3) is 4.00. The van der Waals surface area contributed by atoms with Gasteiger partial charge >= 0.3 is 0 Å². The lowest BCUT2D eigenvalue weighted by atomic mass is 10.1. The number of amides is 1. The molecule has 0 bridgehead atoms. The standard InChI is InChI=1S/C23H19ClN6O/c24-18-8-6-17(7-9-18)19-14-20-23-27-26-21(29(23)12-13-30(20)28-19)10-11-22(31)25-15-16-4-2-1-3-5-16/h1-9,12-14H,10-11,15H2,(H,25,31). The highest BCUT2D eigenvalue weighted by atomic mass is 35.5. The smallest absolute Gasteiger partial charge is 0.220 e. The molecule has 0 radical (unpaired) electrons. The second-order valence-electron chi connectivity index (χ2n) is 7.24. The third-order valence-corrected chi connectivity index (χ3v) is 5.39. The van der Waals surface area contributed by atoms with Gasteiger partial charge in [0, 0.05) is 42.4 Å². The van der Waals surface area contributed by atoms with E-state index in [-0.39, 0.29) is 5.91 Å². The minimum absolute atomic E-state index is 0.0175. The molecule has 1 amide bonds. The maximum absolute atomic E-state index is 12.3. The van der Waals surface area contributed by atoms with Gasteiger partial charge in [0.05, 0.1) is 5.69 Å². The van der Waals surface area contributed by atoms with Crippen LogP contribution in [0, 0.1) is 0 Å². The monoisotopic (exact) mass is 430 g/mol. The zero-order valence-corrected chi connectivity index (χ0v) is 17.3. The van der Waals surface area contributed by atoms with E-state index in [2.05, 4.69) is 20.6 Å². The van der Waals surface area contributed by atoms with Gasteiger partial charge in [0.15, 0.2) is 5.65 Å². The Morgan fingerprint density at radius 3 is 2.61 bits per heavy atom. The van der Waals surface area contributed by atoms with Crippen molar-refractivity contribution in [2.24, 2.45) is 0 Å². The average Bonchev–Trinajstić information content (AvgIpc) is 3.41. The van der Waals surface area contributed by atoms with Gasteiger partial charge in [-0.15, -0.1) is 10.2 Å². The van der Waals surface area contributed by atoms with Crippen LogP contribution in [-0.2, 0) is 17.8 Å². The molecule has 3 aromatic heterocycles. The van der Waals surface area contributed by atoms with E-state index in [1.54, 1.807) is 4.52 Å². The summed E-state index contributed by atoms with van der Waals surface area (Å²) in [7, 11) is 0. The molecule has 0 aliphatic rings. The summed E-state index contributed by atoms with van der Waals surface area (Å²) in [6.45, 7) is 0.518. The van der Waals surface area contributed by atoms with E-state index in [4.69, 9.17) is 11.6 Å². The van der Waals surface area contributed by atoms with Crippen molar-refractivity contribution in [1.82, 2.24) is 29.5 Å². The summed E-state index contributed by atoms with van der Waals surface area (Å²) >= 11 is 5.99. The van der Waals surface area contributed by atoms with Crippen molar-refractivity contribution in [2.75, 3.05) is 0 Å². The lowest BCUT2D eigenvalue weighted by Crippen LogP contribution is -2.23. The largest absolute Gasteiger partial charge is 0.352 e. The van der Waals surface area contributed by atoms with Crippen LogP contribution in [0.25, 0.3) is 22.4 Å². The van der Waals surface area contributed by atoms with Crippen molar-refractivity contribution >= 4 is 28.7 Å². The Hall–Kier alpha value is -3.71. The molecule has 0 unspecified atom stereocenters. The maximum atomic E-state index is 12.3. The van der Waals surface area contributed by atoms with Crippen molar-refractivity contribution in [3.8, 4) is 11.3 Å². The van der Waals surface area contributed by atoms with Crippen LogP contribution >= 0.6 is 11.6 Å². The van der Waals surface area contributed by atoms with Crippen molar-refractivity contribution in [3.05, 3.63) is 89.5 Å². The number of nitrogens with zero attached hydrogens (tertiary/aromatic N) is 5. The Bertz CT molecular complexity index is 1360. The van der Waals surface area contributed by atoms with E-state index in [1.807, 2.05) is 77.5 Å². The molecular formula is C23H19ClN6O. The van der Waals surface area contributed by atoms with Gasteiger partial charge in [0.25, 0.3) is 0 Å². The molecule has 5 aromatic rings. The second-order valence-corrected chi connectivity index (χ2v) is 7.67. The highest BCUT2D eigenvalue weighted by Crippen LogP contribution is 2.23. The number of fused-ring (bicyclic) bond motifs is 3. The van der Waals surface area contributed by atoms with Gasteiger partial charge in [-0.1, -0.05) is 54.1 Å². The number of aromatic nitrogens is 5. The van der Waals surface area contributed by atoms with Gasteiger partial charge in [0.1, 0.15) is 11.3 Å². The first-order valence-electron chi connectivity index (χ1n) is 9.96. The molecule has 0 fully saturated rings. The molecule has 7 nitrogen and oxygen atoms in total. The average molecular weight is 431 g/mol. The quantitative estimate of drug-likeness (QED) is 0.442. The number of carbonyl (C=O) groups excluding carboxylic acids is 1. The van der Waals surface area contributed by atoms with Crippen LogP contribution in [0.15, 0.2) is 73.1 Å². The number of nitrogens with one attached hydrogen (secondary N) is 1. The summed E-state index contributed by atoms with van der Waals surface area (Å²) in [5.74, 6) is 0.720. The molecule has 0 spiro atoms. The molecule has 0 saturated heterocycles. The highest BCUT2D eigenvalue weighted by molar-refractivity contribution is 6.30. The van der Waals surface area contributed by atoms with Crippen molar-refractivity contribution in [3.63, 3.8) is 0 Å². The number of halogens is 1. The van der Waals surface area contributed by atoms with E-state index < -0.39 is 0 Å². The van der Waals surface area contributed by atoms with E-state index in [9.17, 15) is 4.79 Å². The van der Waals surface area contributed by atoms with E-state index in [0.29, 0.717) is 30.1 Å². The zero-order valence-electron chi connectivity index (χ0n) is 16.6. The minimum Gasteiger partial charge on any atom is -0.352 e. The number of aryl methyl sites for hydroxylation is 1. The Kier molecular flexibility index (Phi) is 5.09. The van der Waals surface area contributed by atoms with Gasteiger partial charge in [0.2, 0.25) is 5.91 Å². The van der Waals surface area contributed by atoms with Crippen LogP contribution < -0.4 is 5.32 Å². The highest BCUT2D eigenvalue weighted by Gasteiger charge is 2.13. The molecule has 8 heteroatoms. The van der Waals surface area contributed by atoms with E-state index in [0.717, 1.165) is 28.2 Å². The molecule has 3 heterocycles. The lowest BCUT2D eigenvalue weighted by Gasteiger charge is -2.05. The molecule has 1 N–H and O–H groups in total. The predicted molar refractivity (Wildman–Crippen MR) is 119 cm³/mol. The van der Waals surface area contributed by atoms with Crippen molar-refractivity contribution in [2.45, 2.75) is 19.4 Å². The minimum atomic E-state index is -0.0175. The van der Waals surface area contributed by atoms with Crippen LogP contribution in [0.5, 0.6) is 0 Å². The lowest BCUT2D eigenvalue weighted by molar-refractivity contribution is -0.121. The van der Waals surface area contributed by atoms with Gasteiger partial charge in [-0.3, -0.25) is 9.20 Å². The molecule has 5 rings (SSSR count). The van der Waals surface area contributed by atoms with Crippen LogP contribution in [0.2, 0.25) is 5.02 Å². The Morgan fingerprint density at radius 2 is 1.81 bits per heavy atom. The Balaban J connectivity index is 1.33.